The second kappa shape index (κ2) is 7.87. The molecule has 2 aromatic rings. The predicted octanol–water partition coefficient (Wildman–Crippen LogP) is 3.03. The Morgan fingerprint density at radius 3 is 2.30 bits per heavy atom. The number of hydrogen-bond acceptors (Lipinski definition) is 5. The number of carbonyl (C=O) groups is 2. The lowest BCUT2D eigenvalue weighted by molar-refractivity contribution is -0.123. The quantitative estimate of drug-likeness (QED) is 0.789. The first-order valence-corrected chi connectivity index (χ1v) is 9.97. The Hall–Kier alpha value is -2.74. The molecular weight excluding hydrogens is 373 g/mol. The summed E-state index contributed by atoms with van der Waals surface area (Å²) in [6, 6.07) is 8.32. The molecule has 0 saturated carbocycles. The van der Waals surface area contributed by atoms with Crippen molar-refractivity contribution >= 4 is 27.4 Å². The lowest BCUT2D eigenvalue weighted by Crippen LogP contribution is -2.30. The van der Waals surface area contributed by atoms with E-state index >= 15 is 0 Å². The van der Waals surface area contributed by atoms with Crippen molar-refractivity contribution in [3.63, 3.8) is 0 Å². The van der Waals surface area contributed by atoms with Gasteiger partial charge in [-0.15, -0.1) is 0 Å². The summed E-state index contributed by atoms with van der Waals surface area (Å²) < 4.78 is 42.0. The number of rotatable bonds is 5. The Morgan fingerprint density at radius 1 is 1.07 bits per heavy atom. The van der Waals surface area contributed by atoms with Crippen molar-refractivity contribution in [3.8, 4) is 0 Å². The topological polar surface area (TPSA) is 89.5 Å². The molecule has 2 aromatic carbocycles. The average molecular weight is 393 g/mol. The van der Waals surface area contributed by atoms with Crippen molar-refractivity contribution in [1.82, 2.24) is 0 Å². The second-order valence-corrected chi connectivity index (χ2v) is 8.27. The van der Waals surface area contributed by atoms with Crippen LogP contribution >= 0.6 is 0 Å². The van der Waals surface area contributed by atoms with E-state index < -0.39 is 33.6 Å². The minimum atomic E-state index is -3.49. The molecule has 1 amide bonds. The number of esters is 1. The lowest BCUT2D eigenvalue weighted by atomic mass is 10.1. The SMILES string of the molecule is Cc1ccc(NC(=O)[C@H](C)OC(=O)c2cc(S(C)(=O)=O)ccc2C)cc1F. The summed E-state index contributed by atoms with van der Waals surface area (Å²) in [5.41, 5.74) is 1.24. The van der Waals surface area contributed by atoms with Gasteiger partial charge in [-0.2, -0.15) is 0 Å². The van der Waals surface area contributed by atoms with E-state index in [9.17, 15) is 22.4 Å². The fraction of sp³-hybridized carbons (Fsp3) is 0.263. The number of anilines is 1. The number of benzene rings is 2. The first-order valence-electron chi connectivity index (χ1n) is 8.07. The van der Waals surface area contributed by atoms with Crippen LogP contribution in [0.4, 0.5) is 10.1 Å². The number of aryl methyl sites for hydroxylation is 2. The Labute approximate surface area is 157 Å². The minimum absolute atomic E-state index is 0.0210. The van der Waals surface area contributed by atoms with E-state index in [1.165, 1.54) is 43.3 Å². The van der Waals surface area contributed by atoms with Crippen LogP contribution in [0.2, 0.25) is 0 Å². The van der Waals surface area contributed by atoms with Gasteiger partial charge in [-0.25, -0.2) is 17.6 Å². The Kier molecular flexibility index (Phi) is 6.00. The summed E-state index contributed by atoms with van der Waals surface area (Å²) in [6.45, 7) is 4.59. The standard InChI is InChI=1S/C19H20FNO5S/c1-11-6-8-15(27(4,24)25)10-16(11)19(23)26-13(3)18(22)21-14-7-5-12(2)17(20)9-14/h5-10,13H,1-4H3,(H,21,22)/t13-/m0/s1. The van der Waals surface area contributed by atoms with Crippen LogP contribution in [-0.2, 0) is 19.4 Å². The van der Waals surface area contributed by atoms with Gasteiger partial charge in [0.15, 0.2) is 15.9 Å². The van der Waals surface area contributed by atoms with E-state index in [4.69, 9.17) is 4.74 Å². The highest BCUT2D eigenvalue weighted by Crippen LogP contribution is 2.18. The number of hydrogen-bond donors (Lipinski definition) is 1. The summed E-state index contributed by atoms with van der Waals surface area (Å²) in [6.07, 6.45) is -0.132. The van der Waals surface area contributed by atoms with Crippen molar-refractivity contribution in [2.45, 2.75) is 31.8 Å². The van der Waals surface area contributed by atoms with Crippen LogP contribution in [0.15, 0.2) is 41.3 Å². The highest BCUT2D eigenvalue weighted by Gasteiger charge is 2.22. The van der Waals surface area contributed by atoms with E-state index in [0.29, 0.717) is 11.1 Å². The van der Waals surface area contributed by atoms with Gasteiger partial charge in [-0.1, -0.05) is 12.1 Å². The first-order chi connectivity index (χ1) is 12.5. The molecule has 8 heteroatoms. The molecule has 144 valence electrons. The summed E-state index contributed by atoms with van der Waals surface area (Å²) in [4.78, 5) is 24.5. The molecule has 2 rings (SSSR count). The molecule has 0 saturated heterocycles. The van der Waals surface area contributed by atoms with Gasteiger partial charge in [-0.05, 0) is 56.2 Å². The maximum Gasteiger partial charge on any atom is 0.339 e. The third-order valence-electron chi connectivity index (χ3n) is 3.95. The van der Waals surface area contributed by atoms with Gasteiger partial charge in [0.1, 0.15) is 5.82 Å². The molecule has 0 unspecified atom stereocenters. The minimum Gasteiger partial charge on any atom is -0.449 e. The second-order valence-electron chi connectivity index (χ2n) is 6.25. The van der Waals surface area contributed by atoms with Crippen molar-refractivity contribution in [2.75, 3.05) is 11.6 Å². The molecule has 0 radical (unpaired) electrons. The highest BCUT2D eigenvalue weighted by molar-refractivity contribution is 7.90. The molecule has 1 N–H and O–H groups in total. The normalized spacial score (nSPS) is 12.3. The fourth-order valence-corrected chi connectivity index (χ4v) is 2.89. The average Bonchev–Trinajstić information content (AvgIpc) is 2.57. The smallest absolute Gasteiger partial charge is 0.339 e. The molecule has 0 aliphatic heterocycles. The van der Waals surface area contributed by atoms with Crippen LogP contribution in [0, 0.1) is 19.7 Å². The third kappa shape index (κ3) is 5.13. The Morgan fingerprint density at radius 2 is 1.70 bits per heavy atom. The van der Waals surface area contributed by atoms with Crippen molar-refractivity contribution in [3.05, 3.63) is 58.9 Å². The highest BCUT2D eigenvalue weighted by atomic mass is 32.2. The molecule has 0 heterocycles. The van der Waals surface area contributed by atoms with Crippen molar-refractivity contribution in [2.24, 2.45) is 0 Å². The largest absolute Gasteiger partial charge is 0.449 e. The number of halogens is 1. The van der Waals surface area contributed by atoms with Gasteiger partial charge >= 0.3 is 5.97 Å². The third-order valence-corrected chi connectivity index (χ3v) is 5.06. The van der Waals surface area contributed by atoms with Crippen LogP contribution in [0.3, 0.4) is 0 Å². The van der Waals surface area contributed by atoms with Gasteiger partial charge in [-0.3, -0.25) is 4.79 Å². The van der Waals surface area contributed by atoms with Crippen LogP contribution in [0.5, 0.6) is 0 Å². The molecule has 0 spiro atoms. The number of sulfone groups is 1. The van der Waals surface area contributed by atoms with Crippen LogP contribution in [-0.4, -0.2) is 32.7 Å². The molecule has 1 atom stereocenters. The molecule has 27 heavy (non-hydrogen) atoms. The first kappa shape index (κ1) is 20.6. The molecule has 0 aliphatic rings. The molecule has 0 fully saturated rings. The number of nitrogens with one attached hydrogen (secondary N) is 1. The predicted molar refractivity (Wildman–Crippen MR) is 98.9 cm³/mol. The van der Waals surface area contributed by atoms with Gasteiger partial charge in [0.25, 0.3) is 5.91 Å². The lowest BCUT2D eigenvalue weighted by Gasteiger charge is -2.15. The van der Waals surface area contributed by atoms with Gasteiger partial charge in [0.05, 0.1) is 10.5 Å². The molecule has 0 bridgehead atoms. The summed E-state index contributed by atoms with van der Waals surface area (Å²) in [5, 5.41) is 2.46. The zero-order chi connectivity index (χ0) is 20.4. The maximum absolute atomic E-state index is 13.6. The van der Waals surface area contributed by atoms with E-state index in [1.807, 2.05) is 0 Å². The van der Waals surface area contributed by atoms with E-state index in [-0.39, 0.29) is 16.1 Å². The van der Waals surface area contributed by atoms with Crippen molar-refractivity contribution < 1.29 is 27.1 Å². The number of carbonyl (C=O) groups excluding carboxylic acids is 2. The summed E-state index contributed by atoms with van der Waals surface area (Å²) in [5.74, 6) is -1.93. The van der Waals surface area contributed by atoms with E-state index in [0.717, 1.165) is 6.26 Å². The fourth-order valence-electron chi connectivity index (χ4n) is 2.24. The van der Waals surface area contributed by atoms with E-state index in [1.54, 1.807) is 13.8 Å². The molecule has 0 aromatic heterocycles. The monoisotopic (exact) mass is 393 g/mol. The summed E-state index contributed by atoms with van der Waals surface area (Å²) >= 11 is 0. The Balaban J connectivity index is 2.12. The van der Waals surface area contributed by atoms with Crippen molar-refractivity contribution in [1.29, 1.82) is 0 Å². The van der Waals surface area contributed by atoms with Crippen LogP contribution in [0.1, 0.15) is 28.4 Å². The molecule has 0 aliphatic carbocycles. The molecule has 6 nitrogen and oxygen atoms in total. The maximum atomic E-state index is 13.6. The summed E-state index contributed by atoms with van der Waals surface area (Å²) in [7, 11) is -3.49. The van der Waals surface area contributed by atoms with Gasteiger partial charge in [0.2, 0.25) is 0 Å². The van der Waals surface area contributed by atoms with Gasteiger partial charge in [0, 0.05) is 11.9 Å². The zero-order valence-electron chi connectivity index (χ0n) is 15.4. The molecular formula is C19H20FNO5S. The number of ether oxygens (including phenoxy) is 1. The van der Waals surface area contributed by atoms with Gasteiger partial charge < -0.3 is 10.1 Å². The number of amides is 1. The van der Waals surface area contributed by atoms with Crippen LogP contribution in [0.25, 0.3) is 0 Å². The Bertz CT molecular complexity index is 1000. The van der Waals surface area contributed by atoms with Crippen LogP contribution < -0.4 is 5.32 Å². The zero-order valence-corrected chi connectivity index (χ0v) is 16.2. The van der Waals surface area contributed by atoms with E-state index in [2.05, 4.69) is 5.32 Å².